The van der Waals surface area contributed by atoms with Crippen molar-refractivity contribution in [2.45, 2.75) is 24.9 Å². The van der Waals surface area contributed by atoms with E-state index in [9.17, 15) is 0 Å². The SMILES string of the molecule is C[N+](C)(CC[N+](C)(C)C(Cc1ccccc1)c1ccccc1)C(Cc1ccccc1)c1ccccc1.[I-]. The summed E-state index contributed by atoms with van der Waals surface area (Å²) < 4.78 is 1.90. The Morgan fingerprint density at radius 2 is 0.703 bits per heavy atom. The number of likely N-dealkylation sites (N-methyl/N-ethyl adjacent to an activating group) is 2. The predicted octanol–water partition coefficient (Wildman–Crippen LogP) is 4.11. The second-order valence-corrected chi connectivity index (χ2v) is 11.2. The Hall–Kier alpha value is -2.47. The second kappa shape index (κ2) is 13.4. The van der Waals surface area contributed by atoms with Gasteiger partial charge in [0, 0.05) is 24.0 Å². The molecular weight excluding hydrogens is 563 g/mol. The molecule has 0 saturated heterocycles. The van der Waals surface area contributed by atoms with Crippen molar-refractivity contribution in [3.8, 4) is 0 Å². The molecule has 3 heteroatoms. The molecule has 0 N–H and O–H groups in total. The Morgan fingerprint density at radius 3 is 1.00 bits per heavy atom. The van der Waals surface area contributed by atoms with E-state index >= 15 is 0 Å². The maximum atomic E-state index is 2.41. The number of nitrogens with zero attached hydrogens (tertiary/aromatic N) is 2. The fourth-order valence-corrected chi connectivity index (χ4v) is 5.39. The Balaban J connectivity index is 0.00000380. The van der Waals surface area contributed by atoms with Gasteiger partial charge in [0.05, 0.1) is 28.2 Å². The third-order valence-corrected chi connectivity index (χ3v) is 7.85. The van der Waals surface area contributed by atoms with Gasteiger partial charge in [-0.3, -0.25) is 0 Å². The van der Waals surface area contributed by atoms with Gasteiger partial charge in [0.15, 0.2) is 0 Å². The number of quaternary nitrogens is 2. The summed E-state index contributed by atoms with van der Waals surface area (Å²) in [5.74, 6) is 0. The Morgan fingerprint density at radius 1 is 0.432 bits per heavy atom. The largest absolute Gasteiger partial charge is 1.00 e. The fraction of sp³-hybridized carbons (Fsp3) is 0.294. The van der Waals surface area contributed by atoms with E-state index in [0.717, 1.165) is 34.9 Å². The van der Waals surface area contributed by atoms with Crippen LogP contribution in [0.1, 0.15) is 34.3 Å². The molecule has 4 aromatic rings. The molecular formula is C34H42IN2+. The standard InChI is InChI=1S/C34H42N2.HI/c1-35(2,33(31-21-13-7-14-22-31)27-29-17-9-5-10-18-29)25-26-36(3,4)34(32-23-15-8-16-24-32)28-30-19-11-6-12-20-30;/h5-24,33-34H,25-28H2,1-4H3;1H/q+2;/p-1. The molecule has 2 unspecified atom stereocenters. The molecule has 37 heavy (non-hydrogen) atoms. The molecule has 0 amide bonds. The Labute approximate surface area is 241 Å². The molecule has 0 fully saturated rings. The zero-order valence-corrected chi connectivity index (χ0v) is 25.0. The van der Waals surface area contributed by atoms with E-state index in [-0.39, 0.29) is 24.0 Å². The second-order valence-electron chi connectivity index (χ2n) is 11.2. The molecule has 4 aromatic carbocycles. The summed E-state index contributed by atoms with van der Waals surface area (Å²) in [6, 6.07) is 44.9. The van der Waals surface area contributed by atoms with Crippen LogP contribution in [0.3, 0.4) is 0 Å². The van der Waals surface area contributed by atoms with Crippen LogP contribution in [0.5, 0.6) is 0 Å². The van der Waals surface area contributed by atoms with Gasteiger partial charge in [-0.1, -0.05) is 121 Å². The number of rotatable bonds is 11. The summed E-state index contributed by atoms with van der Waals surface area (Å²) in [6.07, 6.45) is 2.08. The van der Waals surface area contributed by atoms with E-state index in [4.69, 9.17) is 0 Å². The zero-order valence-electron chi connectivity index (χ0n) is 22.8. The zero-order chi connectivity index (χ0) is 25.4. The number of benzene rings is 4. The summed E-state index contributed by atoms with van der Waals surface area (Å²) >= 11 is 0. The van der Waals surface area contributed by atoms with Crippen molar-refractivity contribution in [2.24, 2.45) is 0 Å². The van der Waals surface area contributed by atoms with Crippen LogP contribution in [0.25, 0.3) is 0 Å². The number of halogens is 1. The predicted molar refractivity (Wildman–Crippen MR) is 153 cm³/mol. The Bertz CT molecular complexity index is 1080. The first-order valence-electron chi connectivity index (χ1n) is 13.2. The first kappa shape index (κ1) is 29.1. The van der Waals surface area contributed by atoms with E-state index in [1.54, 1.807) is 0 Å². The average molecular weight is 606 g/mol. The van der Waals surface area contributed by atoms with Gasteiger partial charge in [-0.05, 0) is 11.1 Å². The van der Waals surface area contributed by atoms with Crippen LogP contribution < -0.4 is 24.0 Å². The number of hydrogen-bond acceptors (Lipinski definition) is 0. The van der Waals surface area contributed by atoms with Crippen LogP contribution in [0.2, 0.25) is 0 Å². The maximum Gasteiger partial charge on any atom is 0.129 e. The fourth-order valence-electron chi connectivity index (χ4n) is 5.39. The van der Waals surface area contributed by atoms with Crippen LogP contribution in [0.15, 0.2) is 121 Å². The molecule has 0 bridgehead atoms. The molecule has 0 aliphatic carbocycles. The lowest BCUT2D eigenvalue weighted by molar-refractivity contribution is -0.974. The minimum atomic E-state index is 0. The van der Waals surface area contributed by atoms with Crippen molar-refractivity contribution < 1.29 is 32.9 Å². The van der Waals surface area contributed by atoms with Crippen molar-refractivity contribution in [1.82, 2.24) is 0 Å². The summed E-state index contributed by atoms with van der Waals surface area (Å²) in [7, 11) is 9.65. The maximum absolute atomic E-state index is 2.41. The van der Waals surface area contributed by atoms with E-state index in [1.165, 1.54) is 22.3 Å². The van der Waals surface area contributed by atoms with Crippen molar-refractivity contribution in [3.63, 3.8) is 0 Å². The summed E-state index contributed by atoms with van der Waals surface area (Å²) in [5.41, 5.74) is 5.64. The Kier molecular flexibility index (Phi) is 10.5. The number of hydrogen-bond donors (Lipinski definition) is 0. The smallest absolute Gasteiger partial charge is 0.129 e. The molecule has 0 heterocycles. The highest BCUT2D eigenvalue weighted by Crippen LogP contribution is 2.32. The first-order chi connectivity index (χ1) is 17.4. The third kappa shape index (κ3) is 8.00. The van der Waals surface area contributed by atoms with Gasteiger partial charge < -0.3 is 32.9 Å². The quantitative estimate of drug-likeness (QED) is 0.179. The first-order valence-corrected chi connectivity index (χ1v) is 13.2. The summed E-state index contributed by atoms with van der Waals surface area (Å²) in [5, 5.41) is 0. The lowest BCUT2D eigenvalue weighted by Crippen LogP contribution is -3.00. The van der Waals surface area contributed by atoms with Crippen LogP contribution >= 0.6 is 0 Å². The third-order valence-electron chi connectivity index (χ3n) is 7.85. The molecule has 4 rings (SSSR count). The van der Waals surface area contributed by atoms with Crippen LogP contribution in [0.4, 0.5) is 0 Å². The van der Waals surface area contributed by atoms with E-state index in [0.29, 0.717) is 12.1 Å². The van der Waals surface area contributed by atoms with E-state index < -0.39 is 0 Å². The van der Waals surface area contributed by atoms with Gasteiger partial charge in [-0.15, -0.1) is 0 Å². The molecule has 0 radical (unpaired) electrons. The van der Waals surface area contributed by atoms with Gasteiger partial charge in [-0.2, -0.15) is 0 Å². The van der Waals surface area contributed by atoms with Crippen molar-refractivity contribution >= 4 is 0 Å². The van der Waals surface area contributed by atoms with Gasteiger partial charge in [0.25, 0.3) is 0 Å². The monoisotopic (exact) mass is 605 g/mol. The van der Waals surface area contributed by atoms with Crippen LogP contribution in [-0.2, 0) is 12.8 Å². The van der Waals surface area contributed by atoms with Crippen molar-refractivity contribution in [2.75, 3.05) is 41.3 Å². The van der Waals surface area contributed by atoms with Gasteiger partial charge in [0.1, 0.15) is 25.2 Å². The van der Waals surface area contributed by atoms with Gasteiger partial charge >= 0.3 is 0 Å². The normalized spacial score (nSPS) is 13.4. The molecule has 194 valence electrons. The minimum Gasteiger partial charge on any atom is -1.00 e. The highest BCUT2D eigenvalue weighted by atomic mass is 127. The minimum absolute atomic E-state index is 0. The lowest BCUT2D eigenvalue weighted by Gasteiger charge is -2.44. The molecule has 0 aliphatic heterocycles. The molecule has 0 aliphatic rings. The molecule has 0 saturated carbocycles. The molecule has 2 atom stereocenters. The van der Waals surface area contributed by atoms with Crippen LogP contribution in [0, 0.1) is 0 Å². The van der Waals surface area contributed by atoms with E-state index in [2.05, 4.69) is 150 Å². The van der Waals surface area contributed by atoms with Crippen LogP contribution in [-0.4, -0.2) is 50.2 Å². The van der Waals surface area contributed by atoms with Crippen molar-refractivity contribution in [1.29, 1.82) is 0 Å². The molecule has 2 nitrogen and oxygen atoms in total. The summed E-state index contributed by atoms with van der Waals surface area (Å²) in [6.45, 7) is 2.19. The molecule has 0 aromatic heterocycles. The topological polar surface area (TPSA) is 0 Å². The van der Waals surface area contributed by atoms with Gasteiger partial charge in [0.2, 0.25) is 0 Å². The van der Waals surface area contributed by atoms with Crippen molar-refractivity contribution in [3.05, 3.63) is 144 Å². The average Bonchev–Trinajstić information content (AvgIpc) is 2.91. The van der Waals surface area contributed by atoms with E-state index in [1.807, 2.05) is 0 Å². The van der Waals surface area contributed by atoms with Gasteiger partial charge in [-0.25, -0.2) is 0 Å². The summed E-state index contributed by atoms with van der Waals surface area (Å²) in [4.78, 5) is 0. The molecule has 0 spiro atoms. The highest BCUT2D eigenvalue weighted by molar-refractivity contribution is 5.24. The highest BCUT2D eigenvalue weighted by Gasteiger charge is 2.36. The lowest BCUT2D eigenvalue weighted by atomic mass is 9.94.